The standard InChI is InChI=1S/C17H19N3O4/c1-19(2)17(23)14-7-4-8-20(14)16(22)13-10-15(24-18-13)11-5-3-6-12(21)9-11/h3,5-6,9-10,14,21H,4,7-8H2,1-2H3. The predicted molar refractivity (Wildman–Crippen MR) is 86.4 cm³/mol. The minimum Gasteiger partial charge on any atom is -0.508 e. The third-order valence-corrected chi connectivity index (χ3v) is 4.10. The van der Waals surface area contributed by atoms with Crippen LogP contribution in [-0.2, 0) is 4.79 Å². The molecule has 1 aromatic heterocycles. The van der Waals surface area contributed by atoms with Gasteiger partial charge in [0.05, 0.1) is 0 Å². The maximum Gasteiger partial charge on any atom is 0.276 e. The molecule has 7 heteroatoms. The highest BCUT2D eigenvalue weighted by Crippen LogP contribution is 2.26. The van der Waals surface area contributed by atoms with Crippen molar-refractivity contribution in [3.8, 4) is 17.1 Å². The smallest absolute Gasteiger partial charge is 0.276 e. The third kappa shape index (κ3) is 2.97. The Kier molecular flexibility index (Phi) is 4.24. The van der Waals surface area contributed by atoms with Gasteiger partial charge in [0.25, 0.3) is 5.91 Å². The fourth-order valence-corrected chi connectivity index (χ4v) is 2.88. The van der Waals surface area contributed by atoms with Crippen LogP contribution in [0.2, 0.25) is 0 Å². The molecular weight excluding hydrogens is 310 g/mol. The number of likely N-dealkylation sites (N-methyl/N-ethyl adjacent to an activating group) is 1. The Morgan fingerprint density at radius 2 is 2.12 bits per heavy atom. The summed E-state index contributed by atoms with van der Waals surface area (Å²) >= 11 is 0. The fourth-order valence-electron chi connectivity index (χ4n) is 2.88. The molecule has 7 nitrogen and oxygen atoms in total. The van der Waals surface area contributed by atoms with Gasteiger partial charge in [-0.05, 0) is 25.0 Å². The van der Waals surface area contributed by atoms with Crippen LogP contribution in [0.15, 0.2) is 34.9 Å². The van der Waals surface area contributed by atoms with E-state index in [0.29, 0.717) is 24.3 Å². The number of rotatable bonds is 3. The van der Waals surface area contributed by atoms with E-state index in [2.05, 4.69) is 5.16 Å². The minimum absolute atomic E-state index is 0.0856. The molecule has 0 spiro atoms. The van der Waals surface area contributed by atoms with E-state index in [4.69, 9.17) is 4.52 Å². The van der Waals surface area contributed by atoms with Crippen molar-refractivity contribution in [2.24, 2.45) is 0 Å². The lowest BCUT2D eigenvalue weighted by Crippen LogP contribution is -2.45. The number of hydrogen-bond acceptors (Lipinski definition) is 5. The maximum atomic E-state index is 12.7. The molecule has 1 fully saturated rings. The van der Waals surface area contributed by atoms with E-state index in [1.165, 1.54) is 17.0 Å². The second kappa shape index (κ2) is 6.35. The number of aromatic nitrogens is 1. The first-order valence-electron chi connectivity index (χ1n) is 7.75. The topological polar surface area (TPSA) is 86.9 Å². The van der Waals surface area contributed by atoms with Gasteiger partial charge in [-0.1, -0.05) is 17.3 Å². The van der Waals surface area contributed by atoms with Gasteiger partial charge in [0.1, 0.15) is 11.8 Å². The summed E-state index contributed by atoms with van der Waals surface area (Å²) in [5.74, 6) is 0.0947. The van der Waals surface area contributed by atoms with Crippen LogP contribution in [0.3, 0.4) is 0 Å². The molecule has 2 amide bonds. The van der Waals surface area contributed by atoms with E-state index in [9.17, 15) is 14.7 Å². The molecule has 1 aromatic carbocycles. The number of nitrogens with zero attached hydrogens (tertiary/aromatic N) is 3. The lowest BCUT2D eigenvalue weighted by molar-refractivity contribution is -0.132. The summed E-state index contributed by atoms with van der Waals surface area (Å²) < 4.78 is 5.23. The quantitative estimate of drug-likeness (QED) is 0.927. The molecule has 1 unspecified atom stereocenters. The fraction of sp³-hybridized carbons (Fsp3) is 0.353. The molecule has 1 atom stereocenters. The van der Waals surface area contributed by atoms with Crippen LogP contribution >= 0.6 is 0 Å². The van der Waals surface area contributed by atoms with Crippen LogP contribution < -0.4 is 0 Å². The average molecular weight is 329 g/mol. The zero-order chi connectivity index (χ0) is 17.3. The SMILES string of the molecule is CN(C)C(=O)C1CCCN1C(=O)c1cc(-c2cccc(O)c2)on1. The highest BCUT2D eigenvalue weighted by Gasteiger charge is 2.36. The van der Waals surface area contributed by atoms with Gasteiger partial charge >= 0.3 is 0 Å². The Labute approximate surface area is 139 Å². The summed E-state index contributed by atoms with van der Waals surface area (Å²) in [7, 11) is 3.36. The highest BCUT2D eigenvalue weighted by atomic mass is 16.5. The van der Waals surface area contributed by atoms with E-state index in [1.807, 2.05) is 0 Å². The second-order valence-electron chi connectivity index (χ2n) is 6.02. The molecule has 0 radical (unpaired) electrons. The Hall–Kier alpha value is -2.83. The van der Waals surface area contributed by atoms with Crippen molar-refractivity contribution in [2.75, 3.05) is 20.6 Å². The Balaban J connectivity index is 1.82. The summed E-state index contributed by atoms with van der Waals surface area (Å²) in [6, 6.07) is 7.60. The van der Waals surface area contributed by atoms with Crippen molar-refractivity contribution < 1.29 is 19.2 Å². The predicted octanol–water partition coefficient (Wildman–Crippen LogP) is 1.74. The number of phenols is 1. The molecule has 1 saturated heterocycles. The normalized spacial score (nSPS) is 17.1. The molecule has 1 N–H and O–H groups in total. The molecule has 0 bridgehead atoms. The molecular formula is C17H19N3O4. The van der Waals surface area contributed by atoms with Gasteiger partial charge in [0.2, 0.25) is 5.91 Å². The second-order valence-corrected chi connectivity index (χ2v) is 6.02. The molecule has 1 aliphatic rings. The van der Waals surface area contributed by atoms with Gasteiger partial charge in [-0.2, -0.15) is 0 Å². The number of hydrogen-bond donors (Lipinski definition) is 1. The first kappa shape index (κ1) is 16.0. The monoisotopic (exact) mass is 329 g/mol. The number of carbonyl (C=O) groups is 2. The number of benzene rings is 1. The van der Waals surface area contributed by atoms with Crippen molar-refractivity contribution >= 4 is 11.8 Å². The lowest BCUT2D eigenvalue weighted by atomic mass is 10.1. The molecule has 0 aliphatic carbocycles. The van der Waals surface area contributed by atoms with Gasteiger partial charge in [0, 0.05) is 32.3 Å². The minimum atomic E-state index is -0.451. The van der Waals surface area contributed by atoms with Gasteiger partial charge in [-0.15, -0.1) is 0 Å². The van der Waals surface area contributed by atoms with Gasteiger partial charge < -0.3 is 19.4 Å². The lowest BCUT2D eigenvalue weighted by Gasteiger charge is -2.25. The number of aromatic hydroxyl groups is 1. The molecule has 126 valence electrons. The average Bonchev–Trinajstić information content (AvgIpc) is 3.23. The summed E-state index contributed by atoms with van der Waals surface area (Å²) in [4.78, 5) is 27.9. The Morgan fingerprint density at radius 3 is 2.83 bits per heavy atom. The van der Waals surface area contributed by atoms with Gasteiger partial charge in [-0.3, -0.25) is 9.59 Å². The van der Waals surface area contributed by atoms with Crippen molar-refractivity contribution in [3.63, 3.8) is 0 Å². The van der Waals surface area contributed by atoms with E-state index in [1.54, 1.807) is 37.2 Å². The van der Waals surface area contributed by atoms with Crippen LogP contribution in [0.25, 0.3) is 11.3 Å². The summed E-state index contributed by atoms with van der Waals surface area (Å²) in [6.45, 7) is 0.525. The summed E-state index contributed by atoms with van der Waals surface area (Å²) in [6.07, 6.45) is 1.44. The number of carbonyl (C=O) groups excluding carboxylic acids is 2. The molecule has 0 saturated carbocycles. The molecule has 2 heterocycles. The number of amides is 2. The number of phenolic OH excluding ortho intramolecular Hbond substituents is 1. The largest absolute Gasteiger partial charge is 0.508 e. The van der Waals surface area contributed by atoms with Crippen LogP contribution in [0.4, 0.5) is 0 Å². The van der Waals surface area contributed by atoms with Crippen LogP contribution in [-0.4, -0.2) is 58.6 Å². The van der Waals surface area contributed by atoms with Gasteiger partial charge in [-0.25, -0.2) is 0 Å². The molecule has 24 heavy (non-hydrogen) atoms. The van der Waals surface area contributed by atoms with Crippen LogP contribution in [0, 0.1) is 0 Å². The third-order valence-electron chi connectivity index (χ3n) is 4.10. The van der Waals surface area contributed by atoms with E-state index >= 15 is 0 Å². The summed E-state index contributed by atoms with van der Waals surface area (Å²) in [5, 5.41) is 13.4. The van der Waals surface area contributed by atoms with Crippen LogP contribution in [0.5, 0.6) is 5.75 Å². The highest BCUT2D eigenvalue weighted by molar-refractivity contribution is 5.97. The zero-order valence-electron chi connectivity index (χ0n) is 13.6. The first-order valence-corrected chi connectivity index (χ1v) is 7.75. The Bertz CT molecular complexity index is 769. The van der Waals surface area contributed by atoms with E-state index < -0.39 is 6.04 Å². The first-order chi connectivity index (χ1) is 11.5. The van der Waals surface area contributed by atoms with Gasteiger partial charge in [0.15, 0.2) is 11.5 Å². The molecule has 3 rings (SSSR count). The van der Waals surface area contributed by atoms with Crippen molar-refractivity contribution in [2.45, 2.75) is 18.9 Å². The van der Waals surface area contributed by atoms with Crippen molar-refractivity contribution in [3.05, 3.63) is 36.0 Å². The van der Waals surface area contributed by atoms with Crippen molar-refractivity contribution in [1.29, 1.82) is 0 Å². The summed E-state index contributed by atoms with van der Waals surface area (Å²) in [5.41, 5.74) is 0.788. The molecule has 1 aliphatic heterocycles. The number of likely N-dealkylation sites (tertiary alicyclic amines) is 1. The Morgan fingerprint density at radius 1 is 1.33 bits per heavy atom. The van der Waals surface area contributed by atoms with Crippen molar-refractivity contribution in [1.82, 2.24) is 15.0 Å². The molecule has 2 aromatic rings. The van der Waals surface area contributed by atoms with Crippen LogP contribution in [0.1, 0.15) is 23.3 Å². The zero-order valence-corrected chi connectivity index (χ0v) is 13.6. The van der Waals surface area contributed by atoms with E-state index in [0.717, 1.165) is 6.42 Å². The van der Waals surface area contributed by atoms with E-state index in [-0.39, 0.29) is 23.3 Å². The maximum absolute atomic E-state index is 12.7.